The van der Waals surface area contributed by atoms with Crippen LogP contribution in [0.5, 0.6) is 0 Å². The van der Waals surface area contributed by atoms with Crippen LogP contribution < -0.4 is 0 Å². The molecular weight excluding hydrogens is 335 g/mol. The van der Waals surface area contributed by atoms with Gasteiger partial charge in [-0.1, -0.05) is 6.61 Å². The van der Waals surface area contributed by atoms with Crippen LogP contribution in [0.3, 0.4) is 0 Å². The van der Waals surface area contributed by atoms with E-state index < -0.39 is 6.61 Å². The van der Waals surface area contributed by atoms with Crippen LogP contribution in [-0.2, 0) is 103 Å². The molecule has 3 radical (unpaired) electrons. The van der Waals surface area contributed by atoms with Crippen LogP contribution in [0.4, 0.5) is 0 Å². The molecule has 0 amide bonds. The maximum Gasteiger partial charge on any atom is 0 e. The predicted octanol–water partition coefficient (Wildman–Crippen LogP) is -0.469. The van der Waals surface area contributed by atoms with Crippen LogP contribution in [0.1, 0.15) is 0 Å². The second kappa shape index (κ2) is 32.5. The van der Waals surface area contributed by atoms with Gasteiger partial charge in [0.05, 0.1) is 0 Å². The van der Waals surface area contributed by atoms with Crippen molar-refractivity contribution >= 4 is 6.29 Å². The second-order valence-electron chi connectivity index (χ2n) is 0.302. The van der Waals surface area contributed by atoms with Gasteiger partial charge >= 0.3 is 0 Å². The predicted molar refractivity (Wildman–Crippen MR) is 19.2 cm³/mol. The quantitative estimate of drug-likeness (QED) is 0.655. The van der Waals surface area contributed by atoms with Crippen LogP contribution in [0.2, 0.25) is 0 Å². The Labute approximate surface area is 126 Å². The Morgan fingerprint density at radius 2 is 1.38 bits per heavy atom. The molecule has 0 aromatic rings. The van der Waals surface area contributed by atoms with E-state index in [1.54, 1.807) is 0 Å². The summed E-state index contributed by atoms with van der Waals surface area (Å²) in [5, 5.41) is 7.45. The minimum atomic E-state index is -0.486. The fourth-order valence-electron chi connectivity index (χ4n) is 0. The van der Waals surface area contributed by atoms with Crippen molar-refractivity contribution in [2.24, 2.45) is 0 Å². The molecule has 0 saturated heterocycles. The molecular formula is C3H6O2Y3-2. The Bertz CT molecular complexity index is 26.5. The molecule has 0 unspecified atom stereocenters. The molecule has 0 spiro atoms. The van der Waals surface area contributed by atoms with Gasteiger partial charge in [0.25, 0.3) is 0 Å². The smallest absolute Gasteiger partial charge is 0 e. The molecule has 0 aliphatic heterocycles. The molecule has 0 aromatic carbocycles. The van der Waals surface area contributed by atoms with Crippen molar-refractivity contribution in [3.8, 4) is 0 Å². The van der Waals surface area contributed by atoms with Crippen molar-refractivity contribution in [1.29, 1.82) is 0 Å². The molecule has 0 aliphatic rings. The third-order valence-electron chi connectivity index (χ3n) is 0.0645. The van der Waals surface area contributed by atoms with Gasteiger partial charge in [-0.3, -0.25) is 0 Å². The molecule has 0 aromatic heterocycles. The van der Waals surface area contributed by atoms with E-state index in [-0.39, 0.29) is 106 Å². The summed E-state index contributed by atoms with van der Waals surface area (Å²) in [6.45, 7) is -0.486. The average molecular weight is 341 g/mol. The molecule has 0 rings (SSSR count). The van der Waals surface area contributed by atoms with E-state index in [2.05, 4.69) is 0 Å². The van der Waals surface area contributed by atoms with Gasteiger partial charge in [0.1, 0.15) is 0 Å². The molecule has 0 bridgehead atoms. The monoisotopic (exact) mass is 341 g/mol. The standard InChI is InChI=1S/C2H3O2.CH3.3Y/c3-1-2-4;;;;/h3H,1H2;1H3;;;/q2*-1;;;. The average Bonchev–Trinajstić information content (AvgIpc) is 1.37. The molecule has 41 valence electrons. The number of aliphatic hydroxyl groups excluding tert-OH is 1. The van der Waals surface area contributed by atoms with Crippen molar-refractivity contribution in [1.82, 2.24) is 0 Å². The molecule has 0 fully saturated rings. The maximum absolute atomic E-state index is 8.80. The Kier molecular flexibility index (Phi) is 125. The van der Waals surface area contributed by atoms with E-state index >= 15 is 0 Å². The fraction of sp³-hybridized carbons (Fsp3) is 0.333. The first-order valence-electron chi connectivity index (χ1n) is 0.874. The third kappa shape index (κ3) is 36.3. The number of carbonyl (C=O) groups excluding carboxylic acids is 1. The molecule has 5 heteroatoms. The number of aliphatic hydroxyl groups is 1. The topological polar surface area (TPSA) is 37.3 Å². The van der Waals surface area contributed by atoms with Gasteiger partial charge in [0, 0.05) is 98.1 Å². The van der Waals surface area contributed by atoms with Crippen molar-refractivity contribution in [2.45, 2.75) is 0 Å². The van der Waals surface area contributed by atoms with Gasteiger partial charge in [0.15, 0.2) is 0 Å². The maximum atomic E-state index is 8.80. The van der Waals surface area contributed by atoms with Crippen molar-refractivity contribution < 1.29 is 108 Å². The Morgan fingerprint density at radius 1 is 1.25 bits per heavy atom. The summed E-state index contributed by atoms with van der Waals surface area (Å²) in [5.41, 5.74) is 0. The van der Waals surface area contributed by atoms with Crippen LogP contribution in [0.25, 0.3) is 0 Å². The minimum Gasteiger partial charge on any atom is -0.540 e. The number of hydrogen-bond donors (Lipinski definition) is 1. The number of rotatable bonds is 1. The molecule has 0 saturated carbocycles. The molecule has 0 heterocycles. The summed E-state index contributed by atoms with van der Waals surface area (Å²) in [4.78, 5) is 8.80. The fourth-order valence-corrected chi connectivity index (χ4v) is 0. The summed E-state index contributed by atoms with van der Waals surface area (Å²) in [6, 6.07) is 0. The number of hydrogen-bond acceptors (Lipinski definition) is 2. The third-order valence-corrected chi connectivity index (χ3v) is 0.0645. The largest absolute Gasteiger partial charge is 0.540 e. The Morgan fingerprint density at radius 3 is 1.38 bits per heavy atom. The van der Waals surface area contributed by atoms with Crippen LogP contribution >= 0.6 is 0 Å². The Hall–Kier alpha value is 2.94. The van der Waals surface area contributed by atoms with E-state index in [4.69, 9.17) is 9.90 Å². The summed E-state index contributed by atoms with van der Waals surface area (Å²) in [7, 11) is 0. The summed E-state index contributed by atoms with van der Waals surface area (Å²) >= 11 is 0. The van der Waals surface area contributed by atoms with Crippen molar-refractivity contribution in [2.75, 3.05) is 6.61 Å². The van der Waals surface area contributed by atoms with Gasteiger partial charge in [-0.15, -0.1) is 0 Å². The summed E-state index contributed by atoms with van der Waals surface area (Å²) < 4.78 is 0. The van der Waals surface area contributed by atoms with Crippen LogP contribution in [0, 0.1) is 7.43 Å². The van der Waals surface area contributed by atoms with E-state index in [0.717, 1.165) is 0 Å². The molecule has 1 N–H and O–H groups in total. The van der Waals surface area contributed by atoms with Gasteiger partial charge < -0.3 is 17.3 Å². The van der Waals surface area contributed by atoms with Crippen molar-refractivity contribution in [3.05, 3.63) is 7.43 Å². The van der Waals surface area contributed by atoms with E-state index in [1.807, 2.05) is 0 Å². The zero-order chi connectivity index (χ0) is 3.41. The molecule has 2 nitrogen and oxygen atoms in total. The first kappa shape index (κ1) is 30.6. The van der Waals surface area contributed by atoms with E-state index in [1.165, 1.54) is 6.29 Å². The van der Waals surface area contributed by atoms with Gasteiger partial charge in [0.2, 0.25) is 0 Å². The molecule has 0 atom stereocenters. The zero-order valence-electron chi connectivity index (χ0n) is 4.79. The normalized spacial score (nSPS) is 3.12. The Balaban J connectivity index is -0.00000000750. The van der Waals surface area contributed by atoms with Gasteiger partial charge in [-0.05, 0) is 0 Å². The summed E-state index contributed by atoms with van der Waals surface area (Å²) in [5.74, 6) is 0. The summed E-state index contributed by atoms with van der Waals surface area (Å²) in [6.07, 6.45) is 1.24. The minimum absolute atomic E-state index is 0. The van der Waals surface area contributed by atoms with Crippen molar-refractivity contribution in [3.63, 3.8) is 0 Å². The molecule has 0 aliphatic carbocycles. The second-order valence-corrected chi connectivity index (χ2v) is 0.302. The van der Waals surface area contributed by atoms with Crippen LogP contribution in [0.15, 0.2) is 0 Å². The van der Waals surface area contributed by atoms with Gasteiger partial charge in [-0.25, -0.2) is 6.29 Å². The first-order chi connectivity index (χ1) is 1.91. The van der Waals surface area contributed by atoms with Gasteiger partial charge in [-0.2, -0.15) is 0 Å². The van der Waals surface area contributed by atoms with E-state index in [9.17, 15) is 0 Å². The van der Waals surface area contributed by atoms with E-state index in [0.29, 0.717) is 0 Å². The SMILES string of the molecule is O=[C-]CO.[CH3-].[Y].[Y].[Y]. The zero-order valence-corrected chi connectivity index (χ0v) is 13.3. The molecule has 8 heavy (non-hydrogen) atoms. The van der Waals surface area contributed by atoms with Crippen LogP contribution in [-0.4, -0.2) is 18.0 Å². The first-order valence-corrected chi connectivity index (χ1v) is 0.874.